The molecule has 0 aliphatic heterocycles. The van der Waals surface area contributed by atoms with Crippen LogP contribution in [0.25, 0.3) is 0 Å². The van der Waals surface area contributed by atoms with Gasteiger partial charge in [-0.2, -0.15) is 0 Å². The number of para-hydroxylation sites is 1. The fourth-order valence-electron chi connectivity index (χ4n) is 1.85. The lowest BCUT2D eigenvalue weighted by Crippen LogP contribution is -2.18. The average molecular weight is 336 g/mol. The minimum absolute atomic E-state index is 0.381. The molecule has 5 heteroatoms. The zero-order valence-corrected chi connectivity index (χ0v) is 13.1. The van der Waals surface area contributed by atoms with Crippen LogP contribution in [0.15, 0.2) is 41.0 Å². The van der Waals surface area contributed by atoms with E-state index in [0.717, 1.165) is 27.1 Å². The third-order valence-electron chi connectivity index (χ3n) is 2.91. The summed E-state index contributed by atoms with van der Waals surface area (Å²) in [5.41, 5.74) is 8.68. The standard InChI is InChI=1S/C14H14BrN3S/c1-9-7-8-17-14(12(9)15)18(2)11-6-4-3-5-10(11)13(16)19/h3-8H,1-2H3,(H2,16,19). The molecule has 19 heavy (non-hydrogen) atoms. The Morgan fingerprint density at radius 1 is 1.32 bits per heavy atom. The van der Waals surface area contributed by atoms with E-state index in [1.54, 1.807) is 6.20 Å². The number of benzene rings is 1. The van der Waals surface area contributed by atoms with Crippen LogP contribution in [-0.2, 0) is 0 Å². The topological polar surface area (TPSA) is 42.2 Å². The van der Waals surface area contributed by atoms with Gasteiger partial charge in [0.15, 0.2) is 0 Å². The Morgan fingerprint density at radius 3 is 2.68 bits per heavy atom. The summed E-state index contributed by atoms with van der Waals surface area (Å²) in [5.74, 6) is 0.837. The Kier molecular flexibility index (Phi) is 4.17. The van der Waals surface area contributed by atoms with Crippen LogP contribution in [0.2, 0.25) is 0 Å². The molecule has 1 heterocycles. The smallest absolute Gasteiger partial charge is 0.147 e. The van der Waals surface area contributed by atoms with Crippen LogP contribution in [0, 0.1) is 6.92 Å². The van der Waals surface area contributed by atoms with Crippen molar-refractivity contribution in [2.45, 2.75) is 6.92 Å². The molecule has 1 aromatic carbocycles. The fourth-order valence-corrected chi connectivity index (χ4v) is 2.52. The molecule has 1 aromatic heterocycles. The number of hydrogen-bond acceptors (Lipinski definition) is 3. The molecule has 2 aromatic rings. The number of anilines is 2. The third kappa shape index (κ3) is 2.77. The summed E-state index contributed by atoms with van der Waals surface area (Å²) in [4.78, 5) is 6.77. The molecule has 0 spiro atoms. The highest BCUT2D eigenvalue weighted by Gasteiger charge is 2.14. The van der Waals surface area contributed by atoms with E-state index in [-0.39, 0.29) is 0 Å². The molecule has 0 unspecified atom stereocenters. The van der Waals surface area contributed by atoms with Crippen molar-refractivity contribution in [3.05, 3.63) is 52.1 Å². The molecule has 0 aliphatic rings. The first-order chi connectivity index (χ1) is 9.02. The van der Waals surface area contributed by atoms with Gasteiger partial charge in [0, 0.05) is 18.8 Å². The van der Waals surface area contributed by atoms with E-state index >= 15 is 0 Å². The van der Waals surface area contributed by atoms with Crippen molar-refractivity contribution < 1.29 is 0 Å². The maximum atomic E-state index is 5.77. The first-order valence-electron chi connectivity index (χ1n) is 5.76. The van der Waals surface area contributed by atoms with Crippen molar-refractivity contribution in [1.29, 1.82) is 0 Å². The molecule has 0 atom stereocenters. The molecular weight excluding hydrogens is 322 g/mol. The molecule has 0 saturated carbocycles. The van der Waals surface area contributed by atoms with E-state index < -0.39 is 0 Å². The van der Waals surface area contributed by atoms with Crippen molar-refractivity contribution in [3.8, 4) is 0 Å². The predicted molar refractivity (Wildman–Crippen MR) is 87.1 cm³/mol. The van der Waals surface area contributed by atoms with Crippen LogP contribution in [0.5, 0.6) is 0 Å². The fraction of sp³-hybridized carbons (Fsp3) is 0.143. The molecular formula is C14H14BrN3S. The van der Waals surface area contributed by atoms with Crippen LogP contribution in [-0.4, -0.2) is 17.0 Å². The minimum atomic E-state index is 0.381. The molecule has 3 nitrogen and oxygen atoms in total. The van der Waals surface area contributed by atoms with Gasteiger partial charge in [-0.15, -0.1) is 0 Å². The number of thiocarbonyl (C=S) groups is 1. The lowest BCUT2D eigenvalue weighted by Gasteiger charge is -2.22. The predicted octanol–water partition coefficient (Wildman–Crippen LogP) is 3.55. The second kappa shape index (κ2) is 5.67. The first kappa shape index (κ1) is 14.0. The summed E-state index contributed by atoms with van der Waals surface area (Å²) < 4.78 is 0.968. The SMILES string of the molecule is Cc1ccnc(N(C)c2ccccc2C(N)=S)c1Br. The number of nitrogens with zero attached hydrogens (tertiary/aromatic N) is 2. The average Bonchev–Trinajstić information content (AvgIpc) is 2.41. The number of hydrogen-bond donors (Lipinski definition) is 1. The number of aromatic nitrogens is 1. The summed E-state index contributed by atoms with van der Waals surface area (Å²) >= 11 is 8.67. The van der Waals surface area contributed by atoms with Gasteiger partial charge in [-0.3, -0.25) is 0 Å². The van der Waals surface area contributed by atoms with Crippen molar-refractivity contribution in [2.75, 3.05) is 11.9 Å². The quantitative estimate of drug-likeness (QED) is 0.871. The van der Waals surface area contributed by atoms with Crippen molar-refractivity contribution >= 4 is 44.6 Å². The van der Waals surface area contributed by atoms with Crippen molar-refractivity contribution in [2.24, 2.45) is 5.73 Å². The maximum absolute atomic E-state index is 5.77. The zero-order valence-electron chi connectivity index (χ0n) is 10.7. The maximum Gasteiger partial charge on any atom is 0.147 e. The molecule has 0 saturated heterocycles. The van der Waals surface area contributed by atoms with Crippen molar-refractivity contribution in [1.82, 2.24) is 4.98 Å². The van der Waals surface area contributed by atoms with Crippen LogP contribution < -0.4 is 10.6 Å². The van der Waals surface area contributed by atoms with Gasteiger partial charge in [0.2, 0.25) is 0 Å². The Morgan fingerprint density at radius 2 is 2.00 bits per heavy atom. The Hall–Kier alpha value is -1.46. The number of pyridine rings is 1. The lowest BCUT2D eigenvalue weighted by atomic mass is 10.1. The molecule has 0 aliphatic carbocycles. The minimum Gasteiger partial charge on any atom is -0.389 e. The Labute approximate surface area is 126 Å². The van der Waals surface area contributed by atoms with Crippen molar-refractivity contribution in [3.63, 3.8) is 0 Å². The van der Waals surface area contributed by atoms with Gasteiger partial charge in [0.25, 0.3) is 0 Å². The number of nitrogens with two attached hydrogens (primary N) is 1. The summed E-state index contributed by atoms with van der Waals surface area (Å²) in [7, 11) is 1.95. The number of rotatable bonds is 3. The van der Waals surface area contributed by atoms with E-state index in [0.29, 0.717) is 4.99 Å². The molecule has 0 bridgehead atoms. The molecule has 0 amide bonds. The summed E-state index contributed by atoms with van der Waals surface area (Å²) in [6.45, 7) is 2.03. The lowest BCUT2D eigenvalue weighted by molar-refractivity contribution is 1.10. The second-order valence-electron chi connectivity index (χ2n) is 4.21. The van der Waals surface area contributed by atoms with Gasteiger partial charge in [-0.1, -0.05) is 24.4 Å². The first-order valence-corrected chi connectivity index (χ1v) is 6.96. The molecule has 98 valence electrons. The largest absolute Gasteiger partial charge is 0.389 e. The van der Waals surface area contributed by atoms with Gasteiger partial charge in [-0.05, 0) is 46.6 Å². The van der Waals surface area contributed by atoms with Crippen LogP contribution in [0.4, 0.5) is 11.5 Å². The normalized spacial score (nSPS) is 10.3. The van der Waals surface area contributed by atoms with Crippen LogP contribution >= 0.6 is 28.1 Å². The molecule has 0 radical (unpaired) electrons. The number of halogens is 1. The monoisotopic (exact) mass is 335 g/mol. The zero-order chi connectivity index (χ0) is 14.0. The van der Waals surface area contributed by atoms with E-state index in [2.05, 4.69) is 20.9 Å². The van der Waals surface area contributed by atoms with E-state index in [1.165, 1.54) is 0 Å². The van der Waals surface area contributed by atoms with Gasteiger partial charge in [0.1, 0.15) is 10.8 Å². The molecule has 2 N–H and O–H groups in total. The highest BCUT2D eigenvalue weighted by Crippen LogP contribution is 2.32. The Bertz CT molecular complexity index is 628. The van der Waals surface area contributed by atoms with E-state index in [1.807, 2.05) is 49.2 Å². The highest BCUT2D eigenvalue weighted by atomic mass is 79.9. The molecule has 2 rings (SSSR count). The number of aryl methyl sites for hydroxylation is 1. The summed E-state index contributed by atoms with van der Waals surface area (Å²) in [5, 5.41) is 0. The van der Waals surface area contributed by atoms with E-state index in [9.17, 15) is 0 Å². The summed E-state index contributed by atoms with van der Waals surface area (Å²) in [6, 6.07) is 9.73. The van der Waals surface area contributed by atoms with Gasteiger partial charge < -0.3 is 10.6 Å². The summed E-state index contributed by atoms with van der Waals surface area (Å²) in [6.07, 6.45) is 1.79. The highest BCUT2D eigenvalue weighted by molar-refractivity contribution is 9.10. The third-order valence-corrected chi connectivity index (χ3v) is 4.11. The van der Waals surface area contributed by atoms with Crippen LogP contribution in [0.3, 0.4) is 0 Å². The second-order valence-corrected chi connectivity index (χ2v) is 5.44. The van der Waals surface area contributed by atoms with E-state index in [4.69, 9.17) is 18.0 Å². The van der Waals surface area contributed by atoms with Gasteiger partial charge in [-0.25, -0.2) is 4.98 Å². The Balaban J connectivity index is 2.53. The van der Waals surface area contributed by atoms with Gasteiger partial charge >= 0.3 is 0 Å². The van der Waals surface area contributed by atoms with Crippen LogP contribution in [0.1, 0.15) is 11.1 Å². The molecule has 0 fully saturated rings. The van der Waals surface area contributed by atoms with Gasteiger partial charge in [0.05, 0.1) is 10.2 Å².